The van der Waals surface area contributed by atoms with Crippen molar-refractivity contribution in [1.82, 2.24) is 0 Å². The second-order valence-electron chi connectivity index (χ2n) is 7.79. The van der Waals surface area contributed by atoms with Gasteiger partial charge in [-0.2, -0.15) is 0 Å². The van der Waals surface area contributed by atoms with Crippen LogP contribution in [0.5, 0.6) is 5.75 Å². The van der Waals surface area contributed by atoms with Crippen LogP contribution in [-0.2, 0) is 10.8 Å². The van der Waals surface area contributed by atoms with Crippen LogP contribution in [0, 0.1) is 0 Å². The second kappa shape index (κ2) is 6.80. The van der Waals surface area contributed by atoms with Crippen LogP contribution in [0.2, 0.25) is 0 Å². The van der Waals surface area contributed by atoms with Crippen LogP contribution in [0.25, 0.3) is 0 Å². The number of nitrogens with two attached hydrogens (primary N) is 1. The van der Waals surface area contributed by atoms with Crippen LogP contribution >= 0.6 is 0 Å². The van der Waals surface area contributed by atoms with Crippen molar-refractivity contribution in [1.29, 1.82) is 0 Å². The minimum Gasteiger partial charge on any atom is -0.493 e. The lowest BCUT2D eigenvalue weighted by Gasteiger charge is -2.27. The van der Waals surface area contributed by atoms with Crippen molar-refractivity contribution >= 4 is 0 Å². The van der Waals surface area contributed by atoms with E-state index in [1.54, 1.807) is 0 Å². The SMILES string of the molecule is CC(C)(C)c1ccc(OCCC(N)CO)c(C(C)(C)C)c1. The molecule has 1 aromatic rings. The maximum absolute atomic E-state index is 8.96. The molecule has 1 aromatic carbocycles. The maximum Gasteiger partial charge on any atom is 0.123 e. The summed E-state index contributed by atoms with van der Waals surface area (Å²) in [6.45, 7) is 13.8. The highest BCUT2D eigenvalue weighted by Gasteiger charge is 2.23. The molecule has 0 heterocycles. The van der Waals surface area contributed by atoms with Crippen LogP contribution in [0.15, 0.2) is 18.2 Å². The summed E-state index contributed by atoms with van der Waals surface area (Å²) in [5.41, 5.74) is 8.39. The molecule has 0 radical (unpaired) electrons. The third-order valence-electron chi connectivity index (χ3n) is 3.63. The number of hydrogen-bond acceptors (Lipinski definition) is 3. The zero-order valence-corrected chi connectivity index (χ0v) is 14.4. The average Bonchev–Trinajstić information content (AvgIpc) is 2.36. The molecule has 0 fully saturated rings. The number of ether oxygens (including phenoxy) is 1. The van der Waals surface area contributed by atoms with E-state index in [4.69, 9.17) is 15.6 Å². The third-order valence-corrected chi connectivity index (χ3v) is 3.63. The van der Waals surface area contributed by atoms with Gasteiger partial charge in [-0.1, -0.05) is 53.7 Å². The first kappa shape index (κ1) is 18.0. The molecule has 1 atom stereocenters. The van der Waals surface area contributed by atoms with E-state index in [1.807, 2.05) is 0 Å². The van der Waals surface area contributed by atoms with Gasteiger partial charge in [0.1, 0.15) is 5.75 Å². The smallest absolute Gasteiger partial charge is 0.123 e. The molecule has 3 N–H and O–H groups in total. The number of aliphatic hydroxyl groups excluding tert-OH is 1. The Labute approximate surface area is 129 Å². The topological polar surface area (TPSA) is 55.5 Å². The van der Waals surface area contributed by atoms with Gasteiger partial charge in [-0.15, -0.1) is 0 Å². The molecule has 1 unspecified atom stereocenters. The van der Waals surface area contributed by atoms with Crippen molar-refractivity contribution in [2.45, 2.75) is 64.8 Å². The highest BCUT2D eigenvalue weighted by Crippen LogP contribution is 2.35. The van der Waals surface area contributed by atoms with E-state index in [1.165, 1.54) is 11.1 Å². The lowest BCUT2D eigenvalue weighted by Crippen LogP contribution is -2.26. The van der Waals surface area contributed by atoms with Crippen LogP contribution in [0.1, 0.15) is 59.1 Å². The number of hydrogen-bond donors (Lipinski definition) is 2. The minimum absolute atomic E-state index is 0.00154. The number of aliphatic hydroxyl groups is 1. The largest absolute Gasteiger partial charge is 0.493 e. The zero-order chi connectivity index (χ0) is 16.3. The molecule has 3 nitrogen and oxygen atoms in total. The van der Waals surface area contributed by atoms with E-state index in [0.29, 0.717) is 13.0 Å². The number of benzene rings is 1. The van der Waals surface area contributed by atoms with Gasteiger partial charge in [-0.3, -0.25) is 0 Å². The molecule has 0 aliphatic rings. The molecule has 3 heteroatoms. The third kappa shape index (κ3) is 5.33. The highest BCUT2D eigenvalue weighted by atomic mass is 16.5. The highest BCUT2D eigenvalue weighted by molar-refractivity contribution is 5.43. The maximum atomic E-state index is 8.96. The summed E-state index contributed by atoms with van der Waals surface area (Å²) in [6, 6.07) is 6.24. The van der Waals surface area contributed by atoms with Crippen LogP contribution in [0.3, 0.4) is 0 Å². The summed E-state index contributed by atoms with van der Waals surface area (Å²) in [4.78, 5) is 0. The molecule has 0 aliphatic heterocycles. The lowest BCUT2D eigenvalue weighted by atomic mass is 9.80. The molecule has 0 bridgehead atoms. The van der Waals surface area contributed by atoms with Crippen molar-refractivity contribution in [2.75, 3.05) is 13.2 Å². The van der Waals surface area contributed by atoms with E-state index < -0.39 is 0 Å². The Morgan fingerprint density at radius 3 is 2.19 bits per heavy atom. The van der Waals surface area contributed by atoms with Crippen LogP contribution in [-0.4, -0.2) is 24.4 Å². The predicted molar refractivity (Wildman–Crippen MR) is 89.0 cm³/mol. The Morgan fingerprint density at radius 1 is 1.10 bits per heavy atom. The van der Waals surface area contributed by atoms with Gasteiger partial charge in [-0.05, 0) is 34.4 Å². The molecule has 0 saturated carbocycles. The normalized spacial score (nSPS) is 14.1. The van der Waals surface area contributed by atoms with Crippen molar-refractivity contribution in [2.24, 2.45) is 5.73 Å². The Balaban J connectivity index is 2.98. The van der Waals surface area contributed by atoms with E-state index >= 15 is 0 Å². The molecule has 0 spiro atoms. The van der Waals surface area contributed by atoms with Crippen molar-refractivity contribution in [3.8, 4) is 5.75 Å². The summed E-state index contributed by atoms with van der Waals surface area (Å²) in [5, 5.41) is 8.96. The van der Waals surface area contributed by atoms with E-state index in [9.17, 15) is 0 Å². The van der Waals surface area contributed by atoms with Gasteiger partial charge >= 0.3 is 0 Å². The molecule has 21 heavy (non-hydrogen) atoms. The van der Waals surface area contributed by atoms with Crippen molar-refractivity contribution in [3.63, 3.8) is 0 Å². The minimum atomic E-state index is -0.211. The van der Waals surface area contributed by atoms with Crippen LogP contribution in [0.4, 0.5) is 0 Å². The molecule has 0 aromatic heterocycles. The second-order valence-corrected chi connectivity index (χ2v) is 7.79. The summed E-state index contributed by atoms with van der Waals surface area (Å²) >= 11 is 0. The molecule has 0 aliphatic carbocycles. The molecular weight excluding hydrogens is 262 g/mol. The molecule has 1 rings (SSSR count). The first-order chi connectivity index (χ1) is 9.55. The quantitative estimate of drug-likeness (QED) is 0.875. The lowest BCUT2D eigenvalue weighted by molar-refractivity contribution is 0.228. The zero-order valence-electron chi connectivity index (χ0n) is 14.4. The average molecular weight is 293 g/mol. The molecule has 120 valence electrons. The van der Waals surface area contributed by atoms with Gasteiger partial charge < -0.3 is 15.6 Å². The Morgan fingerprint density at radius 2 is 1.71 bits per heavy atom. The summed E-state index contributed by atoms with van der Waals surface area (Å²) in [5.74, 6) is 0.917. The fourth-order valence-electron chi connectivity index (χ4n) is 2.12. The number of rotatable bonds is 5. The fourth-order valence-corrected chi connectivity index (χ4v) is 2.12. The summed E-state index contributed by atoms with van der Waals surface area (Å²) < 4.78 is 5.91. The van der Waals surface area contributed by atoms with Gasteiger partial charge in [0.05, 0.1) is 13.2 Å². The fraction of sp³-hybridized carbons (Fsp3) is 0.667. The van der Waals surface area contributed by atoms with E-state index in [-0.39, 0.29) is 23.5 Å². The van der Waals surface area contributed by atoms with Gasteiger partial charge in [-0.25, -0.2) is 0 Å². The van der Waals surface area contributed by atoms with E-state index in [2.05, 4.69) is 59.7 Å². The van der Waals surface area contributed by atoms with Crippen molar-refractivity contribution < 1.29 is 9.84 Å². The van der Waals surface area contributed by atoms with Gasteiger partial charge in [0.15, 0.2) is 0 Å². The van der Waals surface area contributed by atoms with Gasteiger partial charge in [0.25, 0.3) is 0 Å². The molecule has 0 saturated heterocycles. The Kier molecular flexibility index (Phi) is 5.83. The first-order valence-corrected chi connectivity index (χ1v) is 7.70. The van der Waals surface area contributed by atoms with E-state index in [0.717, 1.165) is 5.75 Å². The summed E-state index contributed by atoms with van der Waals surface area (Å²) in [6.07, 6.45) is 0.654. The van der Waals surface area contributed by atoms with Gasteiger partial charge in [0, 0.05) is 6.04 Å². The standard InChI is InChI=1S/C18H31NO2/c1-17(2,3)13-7-8-16(15(11-13)18(4,5)6)21-10-9-14(19)12-20/h7-8,11,14,20H,9-10,12,19H2,1-6H3. The van der Waals surface area contributed by atoms with Crippen molar-refractivity contribution in [3.05, 3.63) is 29.3 Å². The van der Waals surface area contributed by atoms with Crippen LogP contribution < -0.4 is 10.5 Å². The molecule has 0 amide bonds. The van der Waals surface area contributed by atoms with Gasteiger partial charge in [0.2, 0.25) is 0 Å². The Bertz CT molecular complexity index is 455. The summed E-state index contributed by atoms with van der Waals surface area (Å²) in [7, 11) is 0. The predicted octanol–water partition coefficient (Wildman–Crippen LogP) is 3.37. The monoisotopic (exact) mass is 293 g/mol. The Hall–Kier alpha value is -1.06. The first-order valence-electron chi connectivity index (χ1n) is 7.70. The molecular formula is C18H31NO2.